The minimum atomic E-state index is -0.740. The molecule has 0 saturated carbocycles. The van der Waals surface area contributed by atoms with Gasteiger partial charge in [-0.3, -0.25) is 14.4 Å². The predicted molar refractivity (Wildman–Crippen MR) is 174 cm³/mol. The minimum Gasteiger partial charge on any atom is -0.290 e. The summed E-state index contributed by atoms with van der Waals surface area (Å²) in [7, 11) is 0. The second-order valence-corrected chi connectivity index (χ2v) is 12.6. The molecule has 0 heterocycles. The quantitative estimate of drug-likeness (QED) is 0.0445. The zero-order chi connectivity index (χ0) is 29.4. The lowest BCUT2D eigenvalue weighted by atomic mass is 10.00. The molecule has 0 aromatic heterocycles. The number of Topliss-reactive ketones (excluding diaryl/α,β-unsaturated/α-hetero) is 3. The highest BCUT2D eigenvalue weighted by atomic mass is 16.2. The Kier molecular flexibility index (Phi) is 31.7. The number of hydrogen-bond acceptors (Lipinski definition) is 3. The third-order valence-corrected chi connectivity index (χ3v) is 8.52. The van der Waals surface area contributed by atoms with Crippen molar-refractivity contribution in [2.45, 2.75) is 219 Å². The van der Waals surface area contributed by atoms with E-state index >= 15 is 0 Å². The maximum absolute atomic E-state index is 12.1. The van der Waals surface area contributed by atoms with Gasteiger partial charge in [-0.25, -0.2) is 0 Å². The Bertz CT molecular complexity index is 520. The van der Waals surface area contributed by atoms with Crippen LogP contribution in [0, 0.1) is 0 Å². The van der Waals surface area contributed by atoms with Crippen molar-refractivity contribution in [3.63, 3.8) is 0 Å². The van der Waals surface area contributed by atoms with Gasteiger partial charge in [0, 0.05) is 12.8 Å². The number of carbonyl (C=O) groups is 3. The molecule has 40 heavy (non-hydrogen) atoms. The van der Waals surface area contributed by atoms with E-state index in [1.165, 1.54) is 154 Å². The molecule has 0 N–H and O–H groups in total. The van der Waals surface area contributed by atoms with Crippen LogP contribution < -0.4 is 0 Å². The molecule has 0 aromatic carbocycles. The molecule has 0 atom stereocenters. The molecule has 0 bridgehead atoms. The number of rotatable bonds is 34. The third-order valence-electron chi connectivity index (χ3n) is 8.52. The zero-order valence-electron chi connectivity index (χ0n) is 27.4. The molecule has 0 aliphatic carbocycles. The van der Waals surface area contributed by atoms with Gasteiger partial charge < -0.3 is 0 Å². The van der Waals surface area contributed by atoms with Crippen LogP contribution in [0.25, 0.3) is 0 Å². The average Bonchev–Trinajstić information content (AvgIpc) is 2.96. The van der Waals surface area contributed by atoms with Crippen LogP contribution in [-0.4, -0.2) is 17.3 Å². The van der Waals surface area contributed by atoms with E-state index in [0.29, 0.717) is 0 Å². The average molecular weight is 563 g/mol. The molecule has 0 aromatic rings. The highest BCUT2D eigenvalue weighted by Gasteiger charge is 2.21. The molecule has 236 valence electrons. The van der Waals surface area contributed by atoms with Gasteiger partial charge in [-0.1, -0.05) is 194 Å². The first kappa shape index (κ1) is 39.0. The van der Waals surface area contributed by atoms with E-state index in [9.17, 15) is 14.4 Å². The van der Waals surface area contributed by atoms with E-state index in [2.05, 4.69) is 13.8 Å². The molecule has 0 aliphatic rings. The van der Waals surface area contributed by atoms with Gasteiger partial charge in [-0.05, 0) is 12.8 Å². The van der Waals surface area contributed by atoms with Crippen molar-refractivity contribution in [1.29, 1.82) is 0 Å². The van der Waals surface area contributed by atoms with Crippen molar-refractivity contribution < 1.29 is 14.4 Å². The Balaban J connectivity index is 3.42. The van der Waals surface area contributed by atoms with Crippen molar-refractivity contribution in [2.24, 2.45) is 0 Å². The van der Waals surface area contributed by atoms with Crippen LogP contribution in [0.2, 0.25) is 0 Å². The van der Waals surface area contributed by atoms with E-state index < -0.39 is 17.3 Å². The fourth-order valence-electron chi connectivity index (χ4n) is 5.70. The van der Waals surface area contributed by atoms with Crippen LogP contribution >= 0.6 is 0 Å². The van der Waals surface area contributed by atoms with Gasteiger partial charge in [0.05, 0.1) is 0 Å². The standard InChI is InChI=1S/C37H70O3/c1-3-5-7-9-11-13-15-17-19-21-23-25-27-29-31-33-35(38)37(40)36(39)34-32-30-28-26-24-22-20-18-16-14-12-10-8-6-4-2/h3-34H2,1-2H3. The monoisotopic (exact) mass is 563 g/mol. The second-order valence-electron chi connectivity index (χ2n) is 12.6. The summed E-state index contributed by atoms with van der Waals surface area (Å²) in [5.41, 5.74) is 0. The van der Waals surface area contributed by atoms with Gasteiger partial charge in [-0.15, -0.1) is 0 Å². The molecule has 0 unspecified atom stereocenters. The molecule has 0 radical (unpaired) electrons. The summed E-state index contributed by atoms with van der Waals surface area (Å²) >= 11 is 0. The lowest BCUT2D eigenvalue weighted by Crippen LogP contribution is -2.23. The summed E-state index contributed by atoms with van der Waals surface area (Å²) in [5, 5.41) is 0. The smallest absolute Gasteiger partial charge is 0.264 e. The van der Waals surface area contributed by atoms with Crippen molar-refractivity contribution >= 4 is 17.3 Å². The fraction of sp³-hybridized carbons (Fsp3) is 0.919. The zero-order valence-corrected chi connectivity index (χ0v) is 27.4. The first-order valence-electron chi connectivity index (χ1n) is 18.2. The Morgan fingerprint density at radius 1 is 0.275 bits per heavy atom. The van der Waals surface area contributed by atoms with Gasteiger partial charge in [0.15, 0.2) is 0 Å². The molecule has 3 nitrogen and oxygen atoms in total. The molecule has 0 spiro atoms. The van der Waals surface area contributed by atoms with Crippen LogP contribution in [-0.2, 0) is 14.4 Å². The summed E-state index contributed by atoms with van der Waals surface area (Å²) in [4.78, 5) is 36.3. The van der Waals surface area contributed by atoms with Crippen LogP contribution in [0.4, 0.5) is 0 Å². The summed E-state index contributed by atoms with van der Waals surface area (Å²) in [6.07, 6.45) is 38.8. The van der Waals surface area contributed by atoms with Crippen molar-refractivity contribution in [2.75, 3.05) is 0 Å². The Morgan fingerprint density at radius 3 is 0.650 bits per heavy atom. The maximum Gasteiger partial charge on any atom is 0.264 e. The highest BCUT2D eigenvalue weighted by molar-refractivity contribution is 6.63. The van der Waals surface area contributed by atoms with Crippen LogP contribution in [0.3, 0.4) is 0 Å². The topological polar surface area (TPSA) is 51.2 Å². The van der Waals surface area contributed by atoms with Crippen molar-refractivity contribution in [1.82, 2.24) is 0 Å². The number of carbonyl (C=O) groups excluding carboxylic acids is 3. The highest BCUT2D eigenvalue weighted by Crippen LogP contribution is 2.15. The van der Waals surface area contributed by atoms with Gasteiger partial charge in [0.2, 0.25) is 11.6 Å². The Morgan fingerprint density at radius 2 is 0.450 bits per heavy atom. The number of ketones is 3. The van der Waals surface area contributed by atoms with Gasteiger partial charge >= 0.3 is 0 Å². The first-order chi connectivity index (χ1) is 19.6. The van der Waals surface area contributed by atoms with Crippen LogP contribution in [0.5, 0.6) is 0 Å². The van der Waals surface area contributed by atoms with Crippen LogP contribution in [0.15, 0.2) is 0 Å². The van der Waals surface area contributed by atoms with E-state index in [1.54, 1.807) is 0 Å². The Hall–Kier alpha value is -0.990. The first-order valence-corrected chi connectivity index (χ1v) is 18.2. The largest absolute Gasteiger partial charge is 0.290 e. The number of unbranched alkanes of at least 4 members (excludes halogenated alkanes) is 28. The minimum absolute atomic E-state index is 0.252. The Labute approximate surface area is 250 Å². The maximum atomic E-state index is 12.1. The van der Waals surface area contributed by atoms with Crippen molar-refractivity contribution in [3.8, 4) is 0 Å². The molecule has 0 rings (SSSR count). The molecular weight excluding hydrogens is 492 g/mol. The SMILES string of the molecule is CCCCCCCCCCCCCCCCCC(=O)C(=O)C(=O)CCCCCCCCCCCCCCCCC. The van der Waals surface area contributed by atoms with E-state index in [1.807, 2.05) is 0 Å². The summed E-state index contributed by atoms with van der Waals surface area (Å²) < 4.78 is 0. The summed E-state index contributed by atoms with van der Waals surface area (Å²) in [5.74, 6) is -1.66. The fourth-order valence-corrected chi connectivity index (χ4v) is 5.70. The molecular formula is C37H70O3. The number of hydrogen-bond donors (Lipinski definition) is 0. The third kappa shape index (κ3) is 28.5. The lowest BCUT2D eigenvalue weighted by molar-refractivity contribution is -0.144. The van der Waals surface area contributed by atoms with Crippen molar-refractivity contribution in [3.05, 3.63) is 0 Å². The van der Waals surface area contributed by atoms with E-state index in [4.69, 9.17) is 0 Å². The van der Waals surface area contributed by atoms with E-state index in [-0.39, 0.29) is 12.8 Å². The van der Waals surface area contributed by atoms with E-state index in [0.717, 1.165) is 38.5 Å². The normalized spacial score (nSPS) is 11.2. The molecule has 3 heteroatoms. The molecule has 0 fully saturated rings. The van der Waals surface area contributed by atoms with Gasteiger partial charge in [0.1, 0.15) is 0 Å². The summed E-state index contributed by atoms with van der Waals surface area (Å²) in [6.45, 7) is 4.54. The predicted octanol–water partition coefficient (Wildman–Crippen LogP) is 12.2. The van der Waals surface area contributed by atoms with Gasteiger partial charge in [0.25, 0.3) is 5.78 Å². The summed E-state index contributed by atoms with van der Waals surface area (Å²) in [6, 6.07) is 0. The second kappa shape index (κ2) is 32.5. The van der Waals surface area contributed by atoms with Crippen LogP contribution in [0.1, 0.15) is 219 Å². The molecule has 0 aliphatic heterocycles. The molecule has 0 amide bonds. The van der Waals surface area contributed by atoms with Gasteiger partial charge in [-0.2, -0.15) is 0 Å². The molecule has 0 saturated heterocycles. The lowest BCUT2D eigenvalue weighted by Gasteiger charge is -2.04.